The molecule has 0 saturated carbocycles. The summed E-state index contributed by atoms with van der Waals surface area (Å²) in [4.78, 5) is 0. The molecule has 0 heterocycles. The van der Waals surface area contributed by atoms with Crippen LogP contribution in [0.5, 0.6) is 0 Å². The van der Waals surface area contributed by atoms with Gasteiger partial charge in [-0.25, -0.2) is 0 Å². The topological polar surface area (TPSA) is 26.0 Å². The zero-order valence-corrected chi connectivity index (χ0v) is 7.88. The van der Waals surface area contributed by atoms with Crippen molar-refractivity contribution in [3.05, 3.63) is 48.2 Å². The Labute approximate surface area is 75.0 Å². The molecule has 0 aromatic rings. The van der Waals surface area contributed by atoms with Gasteiger partial charge in [-0.3, -0.25) is 0 Å². The predicted octanol–water partition coefficient (Wildman–Crippen LogP) is 2.93. The van der Waals surface area contributed by atoms with Gasteiger partial charge in [0.15, 0.2) is 0 Å². The highest BCUT2D eigenvalue weighted by atomic mass is 14.5. The molecule has 1 heteroatoms. The molecule has 0 aliphatic heterocycles. The predicted molar refractivity (Wildman–Crippen MR) is 55.7 cm³/mol. The minimum absolute atomic E-state index is 0.997. The first-order valence-corrected chi connectivity index (χ1v) is 4.11. The van der Waals surface area contributed by atoms with Crippen LogP contribution in [0.3, 0.4) is 0 Å². The van der Waals surface area contributed by atoms with E-state index < -0.39 is 0 Å². The van der Waals surface area contributed by atoms with Gasteiger partial charge in [-0.05, 0) is 25.6 Å². The highest BCUT2D eigenvalue weighted by Gasteiger charge is 1.81. The van der Waals surface area contributed by atoms with Crippen molar-refractivity contribution >= 4 is 0 Å². The van der Waals surface area contributed by atoms with Crippen LogP contribution in [0.1, 0.15) is 20.3 Å². The minimum atomic E-state index is 0.997. The van der Waals surface area contributed by atoms with Crippen molar-refractivity contribution in [2.75, 3.05) is 0 Å². The van der Waals surface area contributed by atoms with Crippen molar-refractivity contribution in [2.45, 2.75) is 20.3 Å². The van der Waals surface area contributed by atoms with Crippen LogP contribution in [0, 0.1) is 0 Å². The molecule has 0 aromatic heterocycles. The van der Waals surface area contributed by atoms with E-state index in [9.17, 15) is 0 Å². The third-order valence-electron chi connectivity index (χ3n) is 1.51. The molecule has 66 valence electrons. The summed E-state index contributed by atoms with van der Waals surface area (Å²) in [6.45, 7) is 7.98. The monoisotopic (exact) mass is 163 g/mol. The van der Waals surface area contributed by atoms with Gasteiger partial charge >= 0.3 is 0 Å². The van der Waals surface area contributed by atoms with Crippen molar-refractivity contribution in [2.24, 2.45) is 5.73 Å². The smallest absolute Gasteiger partial charge is 0.00623 e. The lowest BCUT2D eigenvalue weighted by atomic mass is 10.2. The first-order valence-electron chi connectivity index (χ1n) is 4.11. The Morgan fingerprint density at radius 3 is 2.58 bits per heavy atom. The Morgan fingerprint density at radius 1 is 1.42 bits per heavy atom. The second-order valence-electron chi connectivity index (χ2n) is 2.64. The highest BCUT2D eigenvalue weighted by molar-refractivity contribution is 5.27. The molecule has 0 fully saturated rings. The Kier molecular flexibility index (Phi) is 5.80. The molecule has 12 heavy (non-hydrogen) atoms. The van der Waals surface area contributed by atoms with E-state index in [1.54, 1.807) is 0 Å². The van der Waals surface area contributed by atoms with Crippen LogP contribution in [-0.2, 0) is 0 Å². The number of allylic oxidation sites excluding steroid dienone is 6. The first-order chi connectivity index (χ1) is 5.70. The van der Waals surface area contributed by atoms with E-state index >= 15 is 0 Å². The first kappa shape index (κ1) is 10.8. The largest absolute Gasteiger partial charge is 0.405 e. The average molecular weight is 163 g/mol. The Bertz CT molecular complexity index is 219. The van der Waals surface area contributed by atoms with E-state index in [0.29, 0.717) is 0 Å². The van der Waals surface area contributed by atoms with E-state index in [-0.39, 0.29) is 0 Å². The quantitative estimate of drug-likeness (QED) is 0.633. The zero-order chi connectivity index (χ0) is 9.40. The molecule has 0 aliphatic rings. The summed E-state index contributed by atoms with van der Waals surface area (Å²) in [6, 6.07) is 0. The Morgan fingerprint density at radius 2 is 2.08 bits per heavy atom. The molecule has 0 bridgehead atoms. The molecule has 0 rings (SSSR count). The van der Waals surface area contributed by atoms with Gasteiger partial charge in [0.25, 0.3) is 0 Å². The Hall–Kier alpha value is -1.24. The molecule has 1 nitrogen and oxygen atoms in total. The van der Waals surface area contributed by atoms with Gasteiger partial charge in [0, 0.05) is 0 Å². The summed E-state index contributed by atoms with van der Waals surface area (Å²) in [7, 11) is 0. The molecule has 0 aliphatic carbocycles. The summed E-state index contributed by atoms with van der Waals surface area (Å²) in [5.74, 6) is 0. The van der Waals surface area contributed by atoms with Crippen molar-refractivity contribution in [3.8, 4) is 0 Å². The van der Waals surface area contributed by atoms with Crippen LogP contribution in [-0.4, -0.2) is 0 Å². The molecular formula is C11H17N. The van der Waals surface area contributed by atoms with Crippen LogP contribution >= 0.6 is 0 Å². The molecule has 0 aromatic carbocycles. The van der Waals surface area contributed by atoms with Crippen LogP contribution in [0.25, 0.3) is 0 Å². The average Bonchev–Trinajstić information content (AvgIpc) is 2.10. The van der Waals surface area contributed by atoms with E-state index in [0.717, 1.165) is 12.0 Å². The number of hydrogen-bond donors (Lipinski definition) is 1. The lowest BCUT2D eigenvalue weighted by molar-refractivity contribution is 1.16. The summed E-state index contributed by atoms with van der Waals surface area (Å²) in [6.07, 6.45) is 10.3. The van der Waals surface area contributed by atoms with Crippen LogP contribution < -0.4 is 5.73 Å². The summed E-state index contributed by atoms with van der Waals surface area (Å²) in [5, 5.41) is 0. The molecule has 0 radical (unpaired) electrons. The lowest BCUT2D eigenvalue weighted by Gasteiger charge is -1.91. The van der Waals surface area contributed by atoms with Crippen LogP contribution in [0.15, 0.2) is 48.2 Å². The minimum Gasteiger partial charge on any atom is -0.405 e. The second kappa shape index (κ2) is 6.47. The van der Waals surface area contributed by atoms with Gasteiger partial charge in [0.2, 0.25) is 0 Å². The van der Waals surface area contributed by atoms with Crippen molar-refractivity contribution in [1.82, 2.24) is 0 Å². The highest BCUT2D eigenvalue weighted by Crippen LogP contribution is 2.02. The fraction of sp³-hybridized carbons (Fsp3) is 0.273. The van der Waals surface area contributed by atoms with Gasteiger partial charge in [-0.2, -0.15) is 0 Å². The molecule has 0 atom stereocenters. The lowest BCUT2D eigenvalue weighted by Crippen LogP contribution is -1.75. The number of rotatable bonds is 4. The second-order valence-corrected chi connectivity index (χ2v) is 2.64. The van der Waals surface area contributed by atoms with E-state index in [1.807, 2.05) is 31.2 Å². The van der Waals surface area contributed by atoms with E-state index in [2.05, 4.69) is 13.5 Å². The van der Waals surface area contributed by atoms with Gasteiger partial charge in [0.1, 0.15) is 0 Å². The molecule has 0 amide bonds. The number of hydrogen-bond acceptors (Lipinski definition) is 1. The van der Waals surface area contributed by atoms with Gasteiger partial charge in [-0.15, -0.1) is 0 Å². The molecular weight excluding hydrogens is 146 g/mol. The normalized spacial score (nSPS) is 13.0. The molecule has 0 unspecified atom stereocenters. The zero-order valence-electron chi connectivity index (χ0n) is 7.88. The molecule has 0 spiro atoms. The van der Waals surface area contributed by atoms with Gasteiger partial charge in [-0.1, -0.05) is 42.9 Å². The van der Waals surface area contributed by atoms with Crippen molar-refractivity contribution in [3.63, 3.8) is 0 Å². The van der Waals surface area contributed by atoms with Gasteiger partial charge < -0.3 is 5.73 Å². The van der Waals surface area contributed by atoms with E-state index in [1.165, 1.54) is 11.8 Å². The van der Waals surface area contributed by atoms with Gasteiger partial charge in [0.05, 0.1) is 0 Å². The SMILES string of the molecule is C=C(\C=C/C(C)=C\C=C\N)CC. The third-order valence-corrected chi connectivity index (χ3v) is 1.51. The summed E-state index contributed by atoms with van der Waals surface area (Å²) >= 11 is 0. The molecule has 2 N–H and O–H groups in total. The van der Waals surface area contributed by atoms with Crippen molar-refractivity contribution in [1.29, 1.82) is 0 Å². The van der Waals surface area contributed by atoms with Crippen molar-refractivity contribution < 1.29 is 0 Å². The fourth-order valence-electron chi connectivity index (χ4n) is 0.630. The Balaban J connectivity index is 4.07. The third kappa shape index (κ3) is 5.54. The standard InChI is InChI=1S/C11H17N/c1-4-10(2)7-8-11(3)6-5-9-12/h5-9H,2,4,12H2,1,3H3/b8-7-,9-5+,11-6-. The maximum Gasteiger partial charge on any atom is -0.00623 e. The number of nitrogens with two attached hydrogens (primary N) is 1. The van der Waals surface area contributed by atoms with Crippen LogP contribution in [0.4, 0.5) is 0 Å². The van der Waals surface area contributed by atoms with Crippen LogP contribution in [0.2, 0.25) is 0 Å². The maximum atomic E-state index is 5.19. The maximum absolute atomic E-state index is 5.19. The summed E-state index contributed by atoms with van der Waals surface area (Å²) < 4.78 is 0. The van der Waals surface area contributed by atoms with E-state index in [4.69, 9.17) is 5.73 Å². The fourth-order valence-corrected chi connectivity index (χ4v) is 0.630. The summed E-state index contributed by atoms with van der Waals surface area (Å²) in [5.41, 5.74) is 7.50. The molecule has 0 saturated heterocycles.